The molecule has 3 rings (SSSR count). The molecule has 2 aromatic carbocycles. The van der Waals surface area contributed by atoms with Crippen LogP contribution in [0.2, 0.25) is 0 Å². The molecule has 2 amide bonds. The molecule has 0 fully saturated rings. The molecule has 0 aliphatic heterocycles. The Labute approximate surface area is 171 Å². The lowest BCUT2D eigenvalue weighted by molar-refractivity contribution is -0.136. The molecule has 1 aromatic heterocycles. The predicted octanol–water partition coefficient (Wildman–Crippen LogP) is 3.10. The van der Waals surface area contributed by atoms with Gasteiger partial charge in [-0.1, -0.05) is 43.3 Å². The van der Waals surface area contributed by atoms with Crippen molar-refractivity contribution in [2.24, 2.45) is 7.05 Å². The summed E-state index contributed by atoms with van der Waals surface area (Å²) in [6.07, 6.45) is 2.86. The summed E-state index contributed by atoms with van der Waals surface area (Å²) in [6, 6.07) is 15.6. The van der Waals surface area contributed by atoms with E-state index in [-0.39, 0.29) is 6.04 Å². The van der Waals surface area contributed by atoms with Crippen molar-refractivity contribution in [2.75, 3.05) is 26.0 Å². The van der Waals surface area contributed by atoms with Gasteiger partial charge in [0.15, 0.2) is 0 Å². The van der Waals surface area contributed by atoms with E-state index >= 15 is 0 Å². The van der Waals surface area contributed by atoms with Crippen LogP contribution in [0, 0.1) is 0 Å². The maximum absolute atomic E-state index is 12.4. The Kier molecular flexibility index (Phi) is 6.34. The molecular weight excluding hydrogens is 364 g/mol. The Morgan fingerprint density at radius 3 is 2.45 bits per heavy atom. The summed E-state index contributed by atoms with van der Waals surface area (Å²) < 4.78 is 2.08. The second-order valence-corrected chi connectivity index (χ2v) is 7.37. The maximum atomic E-state index is 12.4. The van der Waals surface area contributed by atoms with Crippen molar-refractivity contribution in [3.8, 4) is 0 Å². The predicted molar refractivity (Wildman–Crippen MR) is 117 cm³/mol. The number of hydrogen-bond acceptors (Lipinski definition) is 3. The Balaban J connectivity index is 1.72. The molecule has 0 saturated heterocycles. The third-order valence-electron chi connectivity index (χ3n) is 5.22. The molecular formula is C23H28N4O2. The Bertz CT molecular complexity index is 1020. The lowest BCUT2D eigenvalue weighted by Gasteiger charge is -2.24. The van der Waals surface area contributed by atoms with E-state index in [2.05, 4.69) is 33.5 Å². The van der Waals surface area contributed by atoms with Crippen molar-refractivity contribution < 1.29 is 9.59 Å². The first-order chi connectivity index (χ1) is 13.9. The average Bonchev–Trinajstić information content (AvgIpc) is 3.05. The van der Waals surface area contributed by atoms with Crippen LogP contribution in [0.15, 0.2) is 54.7 Å². The lowest BCUT2D eigenvalue weighted by atomic mass is 10.0. The third kappa shape index (κ3) is 4.49. The molecule has 0 aliphatic carbocycles. The van der Waals surface area contributed by atoms with Crippen LogP contribution in [-0.4, -0.2) is 41.9 Å². The third-order valence-corrected chi connectivity index (χ3v) is 5.22. The number of aryl methyl sites for hydroxylation is 2. The first kappa shape index (κ1) is 20.6. The number of anilines is 1. The van der Waals surface area contributed by atoms with Crippen molar-refractivity contribution >= 4 is 28.4 Å². The Morgan fingerprint density at radius 2 is 1.72 bits per heavy atom. The highest BCUT2D eigenvalue weighted by Gasteiger charge is 2.22. The summed E-state index contributed by atoms with van der Waals surface area (Å²) in [7, 11) is 5.95. The van der Waals surface area contributed by atoms with E-state index in [1.807, 2.05) is 69.4 Å². The number of para-hydroxylation sites is 2. The van der Waals surface area contributed by atoms with Crippen LogP contribution in [0.3, 0.4) is 0 Å². The van der Waals surface area contributed by atoms with Crippen LogP contribution in [0.1, 0.15) is 24.1 Å². The number of rotatable bonds is 6. The first-order valence-corrected chi connectivity index (χ1v) is 9.79. The highest BCUT2D eigenvalue weighted by atomic mass is 16.2. The topological polar surface area (TPSA) is 66.4 Å². The SMILES string of the molecule is CCc1ccccc1NC(=O)C(=O)NCC(c1cn(C)c2ccccc12)N(C)C. The van der Waals surface area contributed by atoms with E-state index in [1.54, 1.807) is 0 Å². The number of fused-ring (bicyclic) bond motifs is 1. The van der Waals surface area contributed by atoms with E-state index in [1.165, 1.54) is 0 Å². The van der Waals surface area contributed by atoms with Gasteiger partial charge in [-0.3, -0.25) is 9.59 Å². The minimum atomic E-state index is -0.652. The van der Waals surface area contributed by atoms with Crippen LogP contribution in [0.25, 0.3) is 10.9 Å². The number of nitrogens with zero attached hydrogens (tertiary/aromatic N) is 2. The minimum absolute atomic E-state index is 0.0548. The van der Waals surface area contributed by atoms with Gasteiger partial charge in [0, 0.05) is 36.4 Å². The fourth-order valence-electron chi connectivity index (χ4n) is 3.61. The number of likely N-dealkylation sites (N-methyl/N-ethyl adjacent to an activating group) is 1. The monoisotopic (exact) mass is 392 g/mol. The van der Waals surface area contributed by atoms with Crippen molar-refractivity contribution in [2.45, 2.75) is 19.4 Å². The van der Waals surface area contributed by atoms with Crippen molar-refractivity contribution in [1.82, 2.24) is 14.8 Å². The number of nitrogens with one attached hydrogen (secondary N) is 2. The Hall–Kier alpha value is -3.12. The van der Waals surface area contributed by atoms with Gasteiger partial charge in [-0.2, -0.15) is 0 Å². The lowest BCUT2D eigenvalue weighted by Crippen LogP contribution is -2.40. The molecule has 1 unspecified atom stereocenters. The smallest absolute Gasteiger partial charge is 0.313 e. The number of aromatic nitrogens is 1. The average molecular weight is 393 g/mol. The van der Waals surface area contributed by atoms with Crippen LogP contribution in [-0.2, 0) is 23.1 Å². The van der Waals surface area contributed by atoms with E-state index < -0.39 is 11.8 Å². The molecule has 0 saturated carbocycles. The Morgan fingerprint density at radius 1 is 1.03 bits per heavy atom. The fourth-order valence-corrected chi connectivity index (χ4v) is 3.61. The summed E-state index contributed by atoms with van der Waals surface area (Å²) in [5, 5.41) is 6.65. The van der Waals surface area contributed by atoms with Crippen molar-refractivity contribution in [3.63, 3.8) is 0 Å². The van der Waals surface area contributed by atoms with Crippen LogP contribution >= 0.6 is 0 Å². The second kappa shape index (κ2) is 8.92. The van der Waals surface area contributed by atoms with Gasteiger partial charge in [0.1, 0.15) is 0 Å². The van der Waals surface area contributed by atoms with Crippen molar-refractivity contribution in [1.29, 1.82) is 0 Å². The first-order valence-electron chi connectivity index (χ1n) is 9.79. The van der Waals surface area contributed by atoms with Crippen LogP contribution in [0.5, 0.6) is 0 Å². The molecule has 0 spiro atoms. The van der Waals surface area contributed by atoms with E-state index in [9.17, 15) is 9.59 Å². The van der Waals surface area contributed by atoms with Gasteiger partial charge >= 0.3 is 11.8 Å². The molecule has 6 heteroatoms. The quantitative estimate of drug-likeness (QED) is 0.634. The van der Waals surface area contributed by atoms with Gasteiger partial charge in [0.25, 0.3) is 0 Å². The number of carbonyl (C=O) groups excluding carboxylic acids is 2. The van der Waals surface area contributed by atoms with E-state index in [0.29, 0.717) is 12.2 Å². The minimum Gasteiger partial charge on any atom is -0.350 e. The largest absolute Gasteiger partial charge is 0.350 e. The molecule has 29 heavy (non-hydrogen) atoms. The molecule has 0 bridgehead atoms. The van der Waals surface area contributed by atoms with Gasteiger partial charge in [0.05, 0.1) is 6.04 Å². The number of carbonyl (C=O) groups is 2. The highest BCUT2D eigenvalue weighted by molar-refractivity contribution is 6.39. The normalized spacial score (nSPS) is 12.2. The molecule has 1 atom stereocenters. The second-order valence-electron chi connectivity index (χ2n) is 7.37. The van der Waals surface area contributed by atoms with Crippen LogP contribution in [0.4, 0.5) is 5.69 Å². The van der Waals surface area contributed by atoms with E-state index in [4.69, 9.17) is 0 Å². The van der Waals surface area contributed by atoms with Gasteiger partial charge < -0.3 is 20.1 Å². The van der Waals surface area contributed by atoms with Gasteiger partial charge in [-0.05, 0) is 43.8 Å². The molecule has 3 aromatic rings. The summed E-state index contributed by atoms with van der Waals surface area (Å²) in [6.45, 7) is 2.35. The van der Waals surface area contributed by atoms with Gasteiger partial charge in [0.2, 0.25) is 0 Å². The molecule has 6 nitrogen and oxygen atoms in total. The molecule has 1 heterocycles. The molecule has 0 radical (unpaired) electrons. The summed E-state index contributed by atoms with van der Waals surface area (Å²) >= 11 is 0. The zero-order chi connectivity index (χ0) is 21.0. The van der Waals surface area contributed by atoms with Gasteiger partial charge in [-0.25, -0.2) is 0 Å². The fraction of sp³-hybridized carbons (Fsp3) is 0.304. The number of hydrogen-bond donors (Lipinski definition) is 2. The summed E-state index contributed by atoms with van der Waals surface area (Å²) in [5.74, 6) is -1.29. The summed E-state index contributed by atoms with van der Waals surface area (Å²) in [4.78, 5) is 26.9. The molecule has 2 N–H and O–H groups in total. The molecule has 0 aliphatic rings. The van der Waals surface area contributed by atoms with Crippen LogP contribution < -0.4 is 10.6 Å². The number of amides is 2. The summed E-state index contributed by atoms with van der Waals surface area (Å²) in [5.41, 5.74) is 3.92. The van der Waals surface area contributed by atoms with Crippen molar-refractivity contribution in [3.05, 3.63) is 65.9 Å². The molecule has 152 valence electrons. The number of benzene rings is 2. The standard InChI is InChI=1S/C23H28N4O2/c1-5-16-10-6-8-12-19(16)25-23(29)22(28)24-14-21(26(2)3)18-15-27(4)20-13-9-7-11-17(18)20/h6-13,15,21H,5,14H2,1-4H3,(H,24,28)(H,25,29). The highest BCUT2D eigenvalue weighted by Crippen LogP contribution is 2.28. The zero-order valence-corrected chi connectivity index (χ0v) is 17.4. The maximum Gasteiger partial charge on any atom is 0.313 e. The zero-order valence-electron chi connectivity index (χ0n) is 17.4. The van der Waals surface area contributed by atoms with E-state index in [0.717, 1.165) is 28.5 Å². The van der Waals surface area contributed by atoms with Gasteiger partial charge in [-0.15, -0.1) is 0 Å².